The van der Waals surface area contributed by atoms with Gasteiger partial charge in [0.1, 0.15) is 5.75 Å². The highest BCUT2D eigenvalue weighted by Gasteiger charge is 2.09. The van der Waals surface area contributed by atoms with Crippen LogP contribution in [0.4, 0.5) is 0 Å². The van der Waals surface area contributed by atoms with Crippen LogP contribution in [0.25, 0.3) is 22.4 Å². The molecule has 4 rings (SSSR count). The Balaban J connectivity index is 1.17. The van der Waals surface area contributed by atoms with Crippen molar-refractivity contribution in [3.63, 3.8) is 0 Å². The van der Waals surface area contributed by atoms with Gasteiger partial charge in [-0.1, -0.05) is 11.6 Å². The monoisotopic (exact) mass is 405 g/mol. The molecular formula is C22H23N5O3. The van der Waals surface area contributed by atoms with Gasteiger partial charge in [-0.2, -0.15) is 4.98 Å². The number of H-pyrrole nitrogens is 1. The second-order valence-corrected chi connectivity index (χ2v) is 6.94. The maximum absolute atomic E-state index is 12.3. The highest BCUT2D eigenvalue weighted by atomic mass is 16.5. The fourth-order valence-corrected chi connectivity index (χ4v) is 3.17. The highest BCUT2D eigenvalue weighted by molar-refractivity contribution is 5.97. The van der Waals surface area contributed by atoms with Crippen LogP contribution in [0.3, 0.4) is 0 Å². The second-order valence-electron chi connectivity index (χ2n) is 6.94. The minimum Gasteiger partial charge on any atom is -0.497 e. The van der Waals surface area contributed by atoms with Crippen LogP contribution < -0.4 is 10.1 Å². The van der Waals surface area contributed by atoms with E-state index >= 15 is 0 Å². The van der Waals surface area contributed by atoms with Gasteiger partial charge in [-0.3, -0.25) is 4.79 Å². The Morgan fingerprint density at radius 1 is 1.13 bits per heavy atom. The molecule has 0 fully saturated rings. The van der Waals surface area contributed by atoms with E-state index in [0.717, 1.165) is 41.6 Å². The van der Waals surface area contributed by atoms with Crippen molar-refractivity contribution in [3.8, 4) is 17.1 Å². The summed E-state index contributed by atoms with van der Waals surface area (Å²) in [6, 6.07) is 13.0. The summed E-state index contributed by atoms with van der Waals surface area (Å²) in [5, 5.41) is 7.00. The van der Waals surface area contributed by atoms with Crippen LogP contribution >= 0.6 is 0 Å². The average molecular weight is 405 g/mol. The number of nitrogens with zero attached hydrogens (tertiary/aromatic N) is 3. The first-order chi connectivity index (χ1) is 14.7. The zero-order chi connectivity index (χ0) is 20.8. The van der Waals surface area contributed by atoms with E-state index in [1.165, 1.54) is 0 Å². The average Bonchev–Trinajstić information content (AvgIpc) is 3.45. The summed E-state index contributed by atoms with van der Waals surface area (Å²) in [6.07, 6.45) is 5.10. The van der Waals surface area contributed by atoms with Crippen LogP contribution in [0.15, 0.2) is 53.3 Å². The van der Waals surface area contributed by atoms with Gasteiger partial charge in [0.25, 0.3) is 5.91 Å². The molecule has 0 radical (unpaired) electrons. The van der Waals surface area contributed by atoms with E-state index < -0.39 is 0 Å². The Kier molecular flexibility index (Phi) is 6.03. The number of hydrogen-bond donors (Lipinski definition) is 2. The molecule has 0 saturated heterocycles. The molecule has 0 unspecified atom stereocenters. The van der Waals surface area contributed by atoms with Gasteiger partial charge in [-0.15, -0.1) is 0 Å². The fraction of sp³-hybridized carbons (Fsp3) is 0.273. The molecule has 2 aromatic heterocycles. The number of benzene rings is 2. The molecule has 0 atom stereocenters. The van der Waals surface area contributed by atoms with Gasteiger partial charge >= 0.3 is 0 Å². The predicted molar refractivity (Wildman–Crippen MR) is 112 cm³/mol. The molecule has 0 aliphatic heterocycles. The number of amides is 1. The number of aryl methyl sites for hydroxylation is 1. The number of carbonyl (C=O) groups is 1. The van der Waals surface area contributed by atoms with Crippen LogP contribution in [0.2, 0.25) is 0 Å². The van der Waals surface area contributed by atoms with Gasteiger partial charge in [0, 0.05) is 24.1 Å². The summed E-state index contributed by atoms with van der Waals surface area (Å²) in [7, 11) is 1.63. The van der Waals surface area contributed by atoms with E-state index in [0.29, 0.717) is 30.2 Å². The highest BCUT2D eigenvalue weighted by Crippen LogP contribution is 2.20. The smallest absolute Gasteiger partial charge is 0.251 e. The maximum Gasteiger partial charge on any atom is 0.251 e. The first-order valence-corrected chi connectivity index (χ1v) is 9.91. The Morgan fingerprint density at radius 2 is 2.00 bits per heavy atom. The molecule has 0 spiro atoms. The molecule has 2 aromatic carbocycles. The quantitative estimate of drug-likeness (QED) is 0.411. The number of aromatic amines is 1. The number of aromatic nitrogens is 4. The third-order valence-corrected chi connectivity index (χ3v) is 4.85. The molecule has 0 aliphatic rings. The maximum atomic E-state index is 12.3. The Labute approximate surface area is 173 Å². The Hall–Kier alpha value is -3.68. The second kappa shape index (κ2) is 9.21. The third kappa shape index (κ3) is 4.65. The van der Waals surface area contributed by atoms with Gasteiger partial charge < -0.3 is 19.6 Å². The van der Waals surface area contributed by atoms with E-state index in [9.17, 15) is 4.79 Å². The van der Waals surface area contributed by atoms with E-state index in [2.05, 4.69) is 25.4 Å². The number of carbonyl (C=O) groups excluding carboxylic acids is 1. The van der Waals surface area contributed by atoms with Gasteiger partial charge in [-0.05, 0) is 55.3 Å². The summed E-state index contributed by atoms with van der Waals surface area (Å²) in [5.41, 5.74) is 3.23. The number of rotatable bonds is 9. The minimum atomic E-state index is -0.0764. The lowest BCUT2D eigenvalue weighted by atomic mass is 10.1. The van der Waals surface area contributed by atoms with Crippen LogP contribution in [0.1, 0.15) is 35.5 Å². The Bertz CT molecular complexity index is 1120. The summed E-state index contributed by atoms with van der Waals surface area (Å²) < 4.78 is 10.5. The van der Waals surface area contributed by atoms with Crippen molar-refractivity contribution in [3.05, 3.63) is 60.2 Å². The Morgan fingerprint density at radius 3 is 2.83 bits per heavy atom. The van der Waals surface area contributed by atoms with Crippen LogP contribution in [0.5, 0.6) is 5.75 Å². The molecule has 154 valence electrons. The van der Waals surface area contributed by atoms with E-state index in [4.69, 9.17) is 9.26 Å². The molecule has 2 N–H and O–H groups in total. The van der Waals surface area contributed by atoms with Crippen molar-refractivity contribution in [1.29, 1.82) is 0 Å². The van der Waals surface area contributed by atoms with Crippen LogP contribution in [-0.2, 0) is 6.42 Å². The first-order valence-electron chi connectivity index (χ1n) is 9.91. The molecule has 0 bridgehead atoms. The molecule has 1 amide bonds. The van der Waals surface area contributed by atoms with Crippen molar-refractivity contribution in [2.24, 2.45) is 0 Å². The topological polar surface area (TPSA) is 106 Å². The van der Waals surface area contributed by atoms with Crippen molar-refractivity contribution in [1.82, 2.24) is 25.4 Å². The lowest BCUT2D eigenvalue weighted by Gasteiger charge is -2.05. The van der Waals surface area contributed by atoms with Crippen molar-refractivity contribution < 1.29 is 14.1 Å². The normalized spacial score (nSPS) is 11.0. The SMILES string of the molecule is COc1ccc(-c2noc(CCCCCNC(=O)c3ccc4nc[nH]c4c3)n2)cc1. The zero-order valence-corrected chi connectivity index (χ0v) is 16.7. The summed E-state index contributed by atoms with van der Waals surface area (Å²) >= 11 is 0. The molecule has 2 heterocycles. The molecule has 8 heteroatoms. The van der Waals surface area contributed by atoms with Gasteiger partial charge in [0.15, 0.2) is 0 Å². The number of ether oxygens (including phenoxy) is 1. The summed E-state index contributed by atoms with van der Waals surface area (Å²) in [5.74, 6) is 1.91. The number of fused-ring (bicyclic) bond motifs is 1. The standard InChI is InChI=1S/C22H23N5O3/c1-29-17-9-6-15(7-10-17)21-26-20(30-27-21)5-3-2-4-12-23-22(28)16-8-11-18-19(13-16)25-14-24-18/h6-11,13-14H,2-5,12H2,1H3,(H,23,28)(H,24,25). The number of hydrogen-bond acceptors (Lipinski definition) is 6. The van der Waals surface area contributed by atoms with Crippen molar-refractivity contribution in [2.75, 3.05) is 13.7 Å². The number of nitrogens with one attached hydrogen (secondary N) is 2. The van der Waals surface area contributed by atoms with E-state index in [1.54, 1.807) is 19.5 Å². The van der Waals surface area contributed by atoms with E-state index in [1.807, 2.05) is 36.4 Å². The number of unbranched alkanes of at least 4 members (excludes halogenated alkanes) is 2. The summed E-state index contributed by atoms with van der Waals surface area (Å²) in [4.78, 5) is 23.9. The molecule has 30 heavy (non-hydrogen) atoms. The molecule has 4 aromatic rings. The van der Waals surface area contributed by atoms with E-state index in [-0.39, 0.29) is 5.91 Å². The summed E-state index contributed by atoms with van der Waals surface area (Å²) in [6.45, 7) is 0.626. The first kappa shape index (κ1) is 19.6. The third-order valence-electron chi connectivity index (χ3n) is 4.85. The van der Waals surface area contributed by atoms with Crippen molar-refractivity contribution in [2.45, 2.75) is 25.7 Å². The van der Waals surface area contributed by atoms with Gasteiger partial charge in [0.2, 0.25) is 11.7 Å². The van der Waals surface area contributed by atoms with Crippen LogP contribution in [0, 0.1) is 0 Å². The van der Waals surface area contributed by atoms with Gasteiger partial charge in [-0.25, -0.2) is 4.98 Å². The number of imidazole rings is 1. The van der Waals surface area contributed by atoms with Gasteiger partial charge in [0.05, 0.1) is 24.5 Å². The predicted octanol–water partition coefficient (Wildman–Crippen LogP) is 3.76. The fourth-order valence-electron chi connectivity index (χ4n) is 3.17. The largest absolute Gasteiger partial charge is 0.497 e. The van der Waals surface area contributed by atoms with Crippen LogP contribution in [-0.4, -0.2) is 39.7 Å². The zero-order valence-electron chi connectivity index (χ0n) is 16.7. The molecule has 8 nitrogen and oxygen atoms in total. The molecular weight excluding hydrogens is 382 g/mol. The molecule has 0 aliphatic carbocycles. The number of methoxy groups -OCH3 is 1. The minimum absolute atomic E-state index is 0.0764. The lowest BCUT2D eigenvalue weighted by Crippen LogP contribution is -2.24. The molecule has 0 saturated carbocycles. The van der Waals surface area contributed by atoms with Crippen molar-refractivity contribution >= 4 is 16.9 Å². The lowest BCUT2D eigenvalue weighted by molar-refractivity contribution is 0.0953.